The number of aryl methyl sites for hydroxylation is 1. The number of halogens is 1. The van der Waals surface area contributed by atoms with Crippen LogP contribution in [0.15, 0.2) is 23.1 Å². The van der Waals surface area contributed by atoms with E-state index in [0.717, 1.165) is 18.4 Å². The summed E-state index contributed by atoms with van der Waals surface area (Å²) in [6.45, 7) is 4.19. The molecule has 0 radical (unpaired) electrons. The van der Waals surface area contributed by atoms with Gasteiger partial charge in [0.05, 0.1) is 11.5 Å². The van der Waals surface area contributed by atoms with Crippen molar-refractivity contribution in [1.29, 1.82) is 0 Å². The molecule has 1 heterocycles. The van der Waals surface area contributed by atoms with Gasteiger partial charge in [-0.15, -0.1) is 12.4 Å². The van der Waals surface area contributed by atoms with Crippen molar-refractivity contribution in [3.05, 3.63) is 23.8 Å². The molecule has 0 saturated carbocycles. The first kappa shape index (κ1) is 21.9. The lowest BCUT2D eigenvalue weighted by Gasteiger charge is -2.29. The van der Waals surface area contributed by atoms with Gasteiger partial charge in [0.2, 0.25) is 15.9 Å². The van der Waals surface area contributed by atoms with Crippen molar-refractivity contribution >= 4 is 34.0 Å². The zero-order valence-corrected chi connectivity index (χ0v) is 16.2. The molecule has 1 aliphatic heterocycles. The number of anilines is 1. The number of fused-ring (bicyclic) bond motifs is 1. The number of sulfonamides is 1. The van der Waals surface area contributed by atoms with Crippen molar-refractivity contribution < 1.29 is 17.9 Å². The van der Waals surface area contributed by atoms with Gasteiger partial charge in [-0.25, -0.2) is 13.1 Å². The van der Waals surface area contributed by atoms with Crippen molar-refractivity contribution in [1.82, 2.24) is 10.0 Å². The first-order valence-electron chi connectivity index (χ1n) is 8.06. The van der Waals surface area contributed by atoms with E-state index in [0.29, 0.717) is 38.5 Å². The molecule has 2 N–H and O–H groups in total. The van der Waals surface area contributed by atoms with E-state index in [2.05, 4.69) is 10.0 Å². The van der Waals surface area contributed by atoms with Gasteiger partial charge in [-0.05, 0) is 30.5 Å². The Hall–Kier alpha value is -1.19. The highest BCUT2D eigenvalue weighted by molar-refractivity contribution is 7.89. The second-order valence-electron chi connectivity index (χ2n) is 5.71. The third-order valence-electron chi connectivity index (χ3n) is 3.94. The fourth-order valence-corrected chi connectivity index (χ4v) is 3.76. The van der Waals surface area contributed by atoms with E-state index < -0.39 is 10.0 Å². The Morgan fingerprint density at radius 2 is 2.04 bits per heavy atom. The van der Waals surface area contributed by atoms with Crippen LogP contribution in [-0.2, 0) is 26.0 Å². The molecule has 0 aliphatic carbocycles. The third-order valence-corrected chi connectivity index (χ3v) is 5.40. The molecule has 9 heteroatoms. The molecule has 0 aromatic heterocycles. The van der Waals surface area contributed by atoms with Crippen LogP contribution in [0, 0.1) is 0 Å². The second-order valence-corrected chi connectivity index (χ2v) is 7.47. The predicted octanol–water partition coefficient (Wildman–Crippen LogP) is 0.922. The smallest absolute Gasteiger partial charge is 0.240 e. The van der Waals surface area contributed by atoms with Crippen molar-refractivity contribution in [3.8, 4) is 0 Å². The first-order valence-corrected chi connectivity index (χ1v) is 9.54. The van der Waals surface area contributed by atoms with Crippen LogP contribution in [0.2, 0.25) is 0 Å². The summed E-state index contributed by atoms with van der Waals surface area (Å²) in [5.41, 5.74) is 1.71. The van der Waals surface area contributed by atoms with E-state index >= 15 is 0 Å². The molecule has 0 fully saturated rings. The number of rotatable bonds is 8. The maximum atomic E-state index is 12.4. The second kappa shape index (κ2) is 10.1. The van der Waals surface area contributed by atoms with E-state index in [1.807, 2.05) is 0 Å². The summed E-state index contributed by atoms with van der Waals surface area (Å²) in [5, 5.41) is 3.08. The maximum absolute atomic E-state index is 12.4. The zero-order valence-electron chi connectivity index (χ0n) is 14.6. The number of amides is 1. The Kier molecular flexibility index (Phi) is 8.81. The average molecular weight is 392 g/mol. The number of ether oxygens (including phenoxy) is 1. The van der Waals surface area contributed by atoms with Gasteiger partial charge >= 0.3 is 0 Å². The molecule has 0 saturated heterocycles. The minimum atomic E-state index is -3.59. The molecule has 142 valence electrons. The maximum Gasteiger partial charge on any atom is 0.240 e. The standard InChI is InChI=1S/C16H25N3O4S.ClH/c1-13(20)19-10-3-4-14-5-6-15(12-16(14)19)24(21,22)18-8-7-17-9-11-23-2;/h5-6,12,17-18H,3-4,7-11H2,1-2H3;1H. The van der Waals surface area contributed by atoms with Crippen LogP contribution >= 0.6 is 12.4 Å². The molecular weight excluding hydrogens is 366 g/mol. The number of hydrogen-bond acceptors (Lipinski definition) is 5. The highest BCUT2D eigenvalue weighted by atomic mass is 35.5. The van der Waals surface area contributed by atoms with Gasteiger partial charge in [-0.1, -0.05) is 6.07 Å². The number of carbonyl (C=O) groups excluding carboxylic acids is 1. The van der Waals surface area contributed by atoms with Crippen LogP contribution < -0.4 is 14.9 Å². The lowest BCUT2D eigenvalue weighted by Crippen LogP contribution is -2.35. The SMILES string of the molecule is COCCNCCNS(=O)(=O)c1ccc2c(c1)N(C(C)=O)CCC2.Cl. The lowest BCUT2D eigenvalue weighted by atomic mass is 10.0. The van der Waals surface area contributed by atoms with Gasteiger partial charge in [0.25, 0.3) is 0 Å². The molecule has 25 heavy (non-hydrogen) atoms. The fraction of sp³-hybridized carbons (Fsp3) is 0.562. The van der Waals surface area contributed by atoms with Crippen molar-refractivity contribution in [2.75, 3.05) is 44.8 Å². The molecule has 0 spiro atoms. The summed E-state index contributed by atoms with van der Waals surface area (Å²) in [6.07, 6.45) is 1.75. The minimum Gasteiger partial charge on any atom is -0.383 e. The van der Waals surface area contributed by atoms with Gasteiger partial charge in [-0.2, -0.15) is 0 Å². The van der Waals surface area contributed by atoms with Gasteiger partial charge < -0.3 is 15.0 Å². The van der Waals surface area contributed by atoms with Crippen molar-refractivity contribution in [2.24, 2.45) is 0 Å². The third kappa shape index (κ3) is 5.93. The van der Waals surface area contributed by atoms with Gasteiger partial charge in [0.15, 0.2) is 0 Å². The topological polar surface area (TPSA) is 87.7 Å². The Morgan fingerprint density at radius 3 is 2.72 bits per heavy atom. The Labute approximate surface area is 155 Å². The fourth-order valence-electron chi connectivity index (χ4n) is 2.70. The molecule has 0 atom stereocenters. The van der Waals surface area contributed by atoms with E-state index in [1.54, 1.807) is 30.2 Å². The monoisotopic (exact) mass is 391 g/mol. The van der Waals surface area contributed by atoms with Crippen LogP contribution in [0.3, 0.4) is 0 Å². The number of hydrogen-bond donors (Lipinski definition) is 2. The van der Waals surface area contributed by atoms with E-state index in [-0.39, 0.29) is 23.2 Å². The molecule has 0 unspecified atom stereocenters. The quantitative estimate of drug-likeness (QED) is 0.643. The summed E-state index contributed by atoms with van der Waals surface area (Å²) < 4.78 is 32.3. The lowest BCUT2D eigenvalue weighted by molar-refractivity contribution is -0.116. The minimum absolute atomic E-state index is 0. The van der Waals surface area contributed by atoms with E-state index in [4.69, 9.17) is 4.74 Å². The number of nitrogens with one attached hydrogen (secondary N) is 2. The van der Waals surface area contributed by atoms with Crippen LogP contribution in [0.5, 0.6) is 0 Å². The predicted molar refractivity (Wildman–Crippen MR) is 100.0 cm³/mol. The van der Waals surface area contributed by atoms with Crippen LogP contribution in [0.4, 0.5) is 5.69 Å². The number of carbonyl (C=O) groups is 1. The average Bonchev–Trinajstić information content (AvgIpc) is 2.56. The summed E-state index contributed by atoms with van der Waals surface area (Å²) >= 11 is 0. The summed E-state index contributed by atoms with van der Waals surface area (Å²) in [4.78, 5) is 13.6. The van der Waals surface area contributed by atoms with E-state index in [9.17, 15) is 13.2 Å². The molecule has 1 aromatic carbocycles. The van der Waals surface area contributed by atoms with Crippen molar-refractivity contribution in [2.45, 2.75) is 24.7 Å². The zero-order chi connectivity index (χ0) is 17.6. The number of nitrogens with zero attached hydrogens (tertiary/aromatic N) is 1. The molecule has 7 nitrogen and oxygen atoms in total. The van der Waals surface area contributed by atoms with Crippen LogP contribution in [0.1, 0.15) is 18.9 Å². The number of benzene rings is 1. The highest BCUT2D eigenvalue weighted by Crippen LogP contribution is 2.29. The largest absolute Gasteiger partial charge is 0.383 e. The van der Waals surface area contributed by atoms with Gasteiger partial charge in [-0.3, -0.25) is 4.79 Å². The Balaban J connectivity index is 0.00000312. The molecular formula is C16H26ClN3O4S. The van der Waals surface area contributed by atoms with Crippen molar-refractivity contribution in [3.63, 3.8) is 0 Å². The number of methoxy groups -OCH3 is 1. The Bertz CT molecular complexity index is 682. The molecule has 1 aromatic rings. The van der Waals surface area contributed by atoms with Gasteiger partial charge in [0, 0.05) is 45.9 Å². The normalized spacial score (nSPS) is 13.9. The molecule has 2 rings (SSSR count). The summed E-state index contributed by atoms with van der Waals surface area (Å²) in [6, 6.07) is 5.00. The molecule has 1 aliphatic rings. The highest BCUT2D eigenvalue weighted by Gasteiger charge is 2.23. The molecule has 1 amide bonds. The Morgan fingerprint density at radius 1 is 1.28 bits per heavy atom. The van der Waals surface area contributed by atoms with Crippen LogP contribution in [0.25, 0.3) is 0 Å². The molecule has 0 bridgehead atoms. The van der Waals surface area contributed by atoms with Gasteiger partial charge in [0.1, 0.15) is 0 Å². The summed E-state index contributed by atoms with van der Waals surface area (Å²) in [5.74, 6) is -0.0687. The van der Waals surface area contributed by atoms with Crippen LogP contribution in [-0.4, -0.2) is 54.2 Å². The first-order chi connectivity index (χ1) is 11.5. The van der Waals surface area contributed by atoms with E-state index in [1.165, 1.54) is 6.92 Å². The summed E-state index contributed by atoms with van der Waals surface area (Å²) in [7, 11) is -1.98.